The molecule has 4 rings (SSSR count). The molecule has 5 nitrogen and oxygen atoms in total. The van der Waals surface area contributed by atoms with Crippen molar-refractivity contribution in [2.75, 3.05) is 32.7 Å². The Balaban J connectivity index is 1.80. The average molecular weight is 220 g/mol. The summed E-state index contributed by atoms with van der Waals surface area (Å²) in [5, 5.41) is 4.06. The Hall–Kier alpha value is -1.20. The third-order valence-electron chi connectivity index (χ3n) is 3.57. The molecule has 3 fully saturated rings. The summed E-state index contributed by atoms with van der Waals surface area (Å²) < 4.78 is 1.68. The molecule has 4 heterocycles. The van der Waals surface area contributed by atoms with Gasteiger partial charge in [0.25, 0.3) is 0 Å². The molecule has 86 valence electrons. The maximum atomic E-state index is 12.3. The molecule has 0 aromatic carbocycles. The number of aromatic nitrogens is 2. The molecule has 0 radical (unpaired) electrons. The van der Waals surface area contributed by atoms with Crippen molar-refractivity contribution in [1.82, 2.24) is 19.6 Å². The molecule has 1 atom stereocenters. The molecule has 0 aliphatic carbocycles. The maximum absolute atomic E-state index is 12.3. The number of nitrogens with zero attached hydrogens (tertiary/aromatic N) is 4. The van der Waals surface area contributed by atoms with Gasteiger partial charge in [0.1, 0.15) is 0 Å². The van der Waals surface area contributed by atoms with Gasteiger partial charge in [0.2, 0.25) is 0 Å². The number of aryl methyl sites for hydroxylation is 1. The minimum absolute atomic E-state index is 0.0479. The van der Waals surface area contributed by atoms with Crippen molar-refractivity contribution in [2.24, 2.45) is 7.05 Å². The number of hydrogen-bond donors (Lipinski definition) is 0. The van der Waals surface area contributed by atoms with Gasteiger partial charge in [-0.3, -0.25) is 19.3 Å². The number of carbonyl (C=O) groups excluding carboxylic acids is 1. The Morgan fingerprint density at radius 3 is 2.62 bits per heavy atom. The van der Waals surface area contributed by atoms with Gasteiger partial charge in [0.05, 0.1) is 17.8 Å². The van der Waals surface area contributed by atoms with Gasteiger partial charge in [0.15, 0.2) is 5.78 Å². The monoisotopic (exact) mass is 220 g/mol. The number of rotatable bonds is 2. The van der Waals surface area contributed by atoms with Crippen LogP contribution in [0.25, 0.3) is 0 Å². The first-order valence-corrected chi connectivity index (χ1v) is 5.73. The van der Waals surface area contributed by atoms with Gasteiger partial charge < -0.3 is 0 Å². The number of ketones is 1. The van der Waals surface area contributed by atoms with E-state index in [9.17, 15) is 4.79 Å². The Labute approximate surface area is 94.6 Å². The van der Waals surface area contributed by atoms with Crippen LogP contribution >= 0.6 is 0 Å². The van der Waals surface area contributed by atoms with Gasteiger partial charge in [-0.15, -0.1) is 0 Å². The molecule has 0 saturated carbocycles. The summed E-state index contributed by atoms with van der Waals surface area (Å²) >= 11 is 0. The first-order valence-electron chi connectivity index (χ1n) is 5.73. The SMILES string of the molecule is Cn1cc(C(=O)C2CN3CCN2CC3)cn1. The largest absolute Gasteiger partial charge is 0.299 e. The van der Waals surface area contributed by atoms with Crippen molar-refractivity contribution in [3.8, 4) is 0 Å². The lowest BCUT2D eigenvalue weighted by molar-refractivity contribution is 0.0159. The topological polar surface area (TPSA) is 41.4 Å². The number of Topliss-reactive ketones (excluding diaryl/α,β-unsaturated/α-hetero) is 1. The zero-order chi connectivity index (χ0) is 11.1. The van der Waals surface area contributed by atoms with Crippen LogP contribution in [-0.2, 0) is 7.05 Å². The first-order chi connectivity index (χ1) is 7.74. The van der Waals surface area contributed by atoms with Crippen LogP contribution in [0.4, 0.5) is 0 Å². The number of hydrogen-bond acceptors (Lipinski definition) is 4. The standard InChI is InChI=1S/C11H16N4O/c1-13-7-9(6-12-13)11(16)10-8-14-2-4-15(10)5-3-14/h6-7,10H,2-5,8H2,1H3. The minimum atomic E-state index is 0.0479. The van der Waals surface area contributed by atoms with Gasteiger partial charge in [0, 0.05) is 46.0 Å². The third kappa shape index (κ3) is 1.56. The summed E-state index contributed by atoms with van der Waals surface area (Å²) in [5.41, 5.74) is 0.737. The zero-order valence-corrected chi connectivity index (χ0v) is 9.46. The quantitative estimate of drug-likeness (QED) is 0.636. The summed E-state index contributed by atoms with van der Waals surface area (Å²) in [4.78, 5) is 17.0. The molecule has 16 heavy (non-hydrogen) atoms. The molecule has 0 N–H and O–H groups in total. The van der Waals surface area contributed by atoms with Crippen molar-refractivity contribution in [2.45, 2.75) is 6.04 Å². The van der Waals surface area contributed by atoms with E-state index in [0.29, 0.717) is 0 Å². The Kier molecular flexibility index (Phi) is 2.29. The summed E-state index contributed by atoms with van der Waals surface area (Å²) in [6, 6.07) is 0.0479. The van der Waals surface area contributed by atoms with Crippen LogP contribution in [0.2, 0.25) is 0 Å². The molecule has 3 saturated heterocycles. The fourth-order valence-electron chi connectivity index (χ4n) is 2.61. The van der Waals surface area contributed by atoms with E-state index in [4.69, 9.17) is 0 Å². The van der Waals surface area contributed by atoms with E-state index in [-0.39, 0.29) is 11.8 Å². The molecule has 3 aliphatic heterocycles. The van der Waals surface area contributed by atoms with Crippen molar-refractivity contribution in [3.63, 3.8) is 0 Å². The number of piperazine rings is 3. The first kappa shape index (κ1) is 9.99. The molecule has 5 heteroatoms. The number of carbonyl (C=O) groups is 1. The minimum Gasteiger partial charge on any atom is -0.299 e. The van der Waals surface area contributed by atoms with E-state index in [2.05, 4.69) is 14.9 Å². The summed E-state index contributed by atoms with van der Waals surface area (Å²) in [5.74, 6) is 0.220. The Morgan fingerprint density at radius 2 is 2.12 bits per heavy atom. The summed E-state index contributed by atoms with van der Waals surface area (Å²) in [6.07, 6.45) is 3.47. The predicted molar refractivity (Wildman–Crippen MR) is 59.3 cm³/mol. The highest BCUT2D eigenvalue weighted by Crippen LogP contribution is 2.18. The Bertz CT molecular complexity index is 406. The number of fused-ring (bicyclic) bond motifs is 3. The van der Waals surface area contributed by atoms with E-state index < -0.39 is 0 Å². The van der Waals surface area contributed by atoms with E-state index in [0.717, 1.165) is 38.3 Å². The zero-order valence-electron chi connectivity index (χ0n) is 9.46. The lowest BCUT2D eigenvalue weighted by Gasteiger charge is -2.46. The van der Waals surface area contributed by atoms with Gasteiger partial charge in [-0.05, 0) is 0 Å². The summed E-state index contributed by atoms with van der Waals surface area (Å²) in [7, 11) is 1.84. The van der Waals surface area contributed by atoms with Crippen molar-refractivity contribution in [1.29, 1.82) is 0 Å². The lowest BCUT2D eigenvalue weighted by atomic mass is 10.0. The molecule has 1 unspecified atom stereocenters. The fourth-order valence-corrected chi connectivity index (χ4v) is 2.61. The molecule has 3 aliphatic rings. The maximum Gasteiger partial charge on any atom is 0.184 e. The van der Waals surface area contributed by atoms with E-state index in [1.54, 1.807) is 17.1 Å². The Morgan fingerprint density at radius 1 is 1.38 bits per heavy atom. The second-order valence-electron chi connectivity index (χ2n) is 4.62. The van der Waals surface area contributed by atoms with Crippen LogP contribution in [0.1, 0.15) is 10.4 Å². The van der Waals surface area contributed by atoms with Crippen LogP contribution in [0, 0.1) is 0 Å². The van der Waals surface area contributed by atoms with E-state index in [1.165, 1.54) is 0 Å². The molecule has 0 spiro atoms. The fraction of sp³-hybridized carbons (Fsp3) is 0.636. The van der Waals surface area contributed by atoms with Crippen molar-refractivity contribution in [3.05, 3.63) is 18.0 Å². The van der Waals surface area contributed by atoms with Gasteiger partial charge in [-0.1, -0.05) is 0 Å². The van der Waals surface area contributed by atoms with Gasteiger partial charge >= 0.3 is 0 Å². The van der Waals surface area contributed by atoms with Crippen molar-refractivity contribution >= 4 is 5.78 Å². The highest BCUT2D eigenvalue weighted by atomic mass is 16.1. The molecular formula is C11H16N4O. The highest BCUT2D eigenvalue weighted by molar-refractivity contribution is 6.00. The van der Waals surface area contributed by atoms with Crippen LogP contribution < -0.4 is 0 Å². The normalized spacial score (nSPS) is 32.9. The third-order valence-corrected chi connectivity index (χ3v) is 3.57. The van der Waals surface area contributed by atoms with E-state index >= 15 is 0 Å². The molecule has 1 aromatic heterocycles. The van der Waals surface area contributed by atoms with Crippen LogP contribution in [0.15, 0.2) is 12.4 Å². The van der Waals surface area contributed by atoms with Gasteiger partial charge in [-0.25, -0.2) is 0 Å². The van der Waals surface area contributed by atoms with Crippen molar-refractivity contribution < 1.29 is 4.79 Å². The molecule has 2 bridgehead atoms. The highest BCUT2D eigenvalue weighted by Gasteiger charge is 2.36. The van der Waals surface area contributed by atoms with Gasteiger partial charge in [-0.2, -0.15) is 5.10 Å². The lowest BCUT2D eigenvalue weighted by Crippen LogP contribution is -2.63. The smallest absolute Gasteiger partial charge is 0.184 e. The van der Waals surface area contributed by atoms with Crippen LogP contribution in [-0.4, -0.2) is 64.1 Å². The second kappa shape index (κ2) is 3.68. The molecule has 0 amide bonds. The van der Waals surface area contributed by atoms with E-state index in [1.807, 2.05) is 7.05 Å². The average Bonchev–Trinajstić information content (AvgIpc) is 2.76. The predicted octanol–water partition coefficient (Wildman–Crippen LogP) is -0.397. The molecule has 1 aromatic rings. The molecular weight excluding hydrogens is 204 g/mol. The second-order valence-corrected chi connectivity index (χ2v) is 4.62. The summed E-state index contributed by atoms with van der Waals surface area (Å²) in [6.45, 7) is 5.15. The van der Waals surface area contributed by atoms with Crippen LogP contribution in [0.5, 0.6) is 0 Å². The van der Waals surface area contributed by atoms with Crippen LogP contribution in [0.3, 0.4) is 0 Å².